The lowest BCUT2D eigenvalue weighted by Crippen LogP contribution is -2.64. The van der Waals surface area contributed by atoms with Crippen LogP contribution in [0.5, 0.6) is 0 Å². The molecule has 3 heterocycles. The maximum Gasteiger partial charge on any atom is 0.325 e. The molecule has 1 aromatic carbocycles. The highest BCUT2D eigenvalue weighted by atomic mass is 35.5. The molecule has 3 amide bonds. The second kappa shape index (κ2) is 7.60. The van der Waals surface area contributed by atoms with Gasteiger partial charge in [-0.2, -0.15) is 0 Å². The SMILES string of the molecule is CCN1C(N2CCN(Cc3cccc(Cl)c3)CC2)=NC2C1C(=O)NC(=O)N2C. The van der Waals surface area contributed by atoms with E-state index < -0.39 is 18.2 Å². The summed E-state index contributed by atoms with van der Waals surface area (Å²) in [5.74, 6) is 0.546. The van der Waals surface area contributed by atoms with Gasteiger partial charge in [0.05, 0.1) is 0 Å². The van der Waals surface area contributed by atoms with Gasteiger partial charge in [0.2, 0.25) is 0 Å². The highest BCUT2D eigenvalue weighted by Crippen LogP contribution is 2.26. The first-order valence-corrected chi connectivity index (χ1v) is 9.99. The summed E-state index contributed by atoms with van der Waals surface area (Å²) < 4.78 is 0. The number of hydrogen-bond acceptors (Lipinski definition) is 6. The number of nitrogens with zero attached hydrogens (tertiary/aromatic N) is 5. The smallest absolute Gasteiger partial charge is 0.325 e. The van der Waals surface area contributed by atoms with E-state index in [1.807, 2.05) is 30.0 Å². The number of rotatable bonds is 3. The molecule has 3 aliphatic heterocycles. The average Bonchev–Trinajstić information content (AvgIpc) is 3.07. The third-order valence-corrected chi connectivity index (χ3v) is 5.86. The first-order valence-electron chi connectivity index (χ1n) is 9.61. The molecule has 1 N–H and O–H groups in total. The molecule has 2 saturated heterocycles. The van der Waals surface area contributed by atoms with E-state index in [2.05, 4.69) is 21.2 Å². The van der Waals surface area contributed by atoms with Gasteiger partial charge >= 0.3 is 6.03 Å². The van der Waals surface area contributed by atoms with Crippen LogP contribution in [0.1, 0.15) is 12.5 Å². The van der Waals surface area contributed by atoms with Crippen LogP contribution in [0.15, 0.2) is 29.3 Å². The number of benzene rings is 1. The molecule has 4 rings (SSSR count). The highest BCUT2D eigenvalue weighted by Gasteiger charge is 2.49. The fourth-order valence-electron chi connectivity index (χ4n) is 4.11. The van der Waals surface area contributed by atoms with E-state index in [1.54, 1.807) is 7.05 Å². The van der Waals surface area contributed by atoms with Gasteiger partial charge in [0, 0.05) is 51.3 Å². The van der Waals surface area contributed by atoms with Crippen LogP contribution in [0.3, 0.4) is 0 Å². The Balaban J connectivity index is 1.43. The van der Waals surface area contributed by atoms with Gasteiger partial charge in [-0.3, -0.25) is 15.0 Å². The van der Waals surface area contributed by atoms with E-state index in [0.717, 1.165) is 43.7 Å². The molecule has 0 aliphatic carbocycles. The normalized spacial score (nSPS) is 25.7. The number of halogens is 1. The van der Waals surface area contributed by atoms with Gasteiger partial charge < -0.3 is 14.7 Å². The van der Waals surface area contributed by atoms with Crippen molar-refractivity contribution >= 4 is 29.5 Å². The van der Waals surface area contributed by atoms with Crippen LogP contribution in [-0.4, -0.2) is 89.5 Å². The Kier molecular flexibility index (Phi) is 5.16. The molecular formula is C19H25ClN6O2. The lowest BCUT2D eigenvalue weighted by molar-refractivity contribution is -0.127. The van der Waals surface area contributed by atoms with Crippen molar-refractivity contribution in [2.24, 2.45) is 4.99 Å². The summed E-state index contributed by atoms with van der Waals surface area (Å²) in [7, 11) is 1.68. The van der Waals surface area contributed by atoms with Crippen LogP contribution in [0.4, 0.5) is 4.79 Å². The van der Waals surface area contributed by atoms with Crippen LogP contribution in [0, 0.1) is 0 Å². The van der Waals surface area contributed by atoms with Crippen molar-refractivity contribution in [1.82, 2.24) is 24.9 Å². The Hall–Kier alpha value is -2.32. The van der Waals surface area contributed by atoms with Crippen molar-refractivity contribution < 1.29 is 9.59 Å². The number of likely N-dealkylation sites (N-methyl/N-ethyl adjacent to an activating group) is 2. The zero-order valence-electron chi connectivity index (χ0n) is 16.1. The lowest BCUT2D eigenvalue weighted by Gasteiger charge is -2.40. The highest BCUT2D eigenvalue weighted by molar-refractivity contribution is 6.30. The maximum absolute atomic E-state index is 12.4. The van der Waals surface area contributed by atoms with Crippen molar-refractivity contribution in [3.05, 3.63) is 34.9 Å². The summed E-state index contributed by atoms with van der Waals surface area (Å²) in [4.78, 5) is 37.2. The molecule has 0 radical (unpaired) electrons. The summed E-state index contributed by atoms with van der Waals surface area (Å²) in [6.45, 7) is 7.00. The minimum Gasteiger partial charge on any atom is -0.340 e. The minimum atomic E-state index is -0.458. The summed E-state index contributed by atoms with van der Waals surface area (Å²) >= 11 is 6.09. The monoisotopic (exact) mass is 404 g/mol. The van der Waals surface area contributed by atoms with Gasteiger partial charge in [0.15, 0.2) is 18.2 Å². The molecule has 2 unspecified atom stereocenters. The third kappa shape index (κ3) is 3.42. The Morgan fingerprint density at radius 2 is 1.96 bits per heavy atom. The van der Waals surface area contributed by atoms with E-state index in [9.17, 15) is 9.59 Å². The van der Waals surface area contributed by atoms with Crippen LogP contribution >= 0.6 is 11.6 Å². The van der Waals surface area contributed by atoms with Gasteiger partial charge in [0.1, 0.15) is 0 Å². The van der Waals surface area contributed by atoms with Crippen LogP contribution < -0.4 is 5.32 Å². The fraction of sp³-hybridized carbons (Fsp3) is 0.526. The van der Waals surface area contributed by atoms with Gasteiger partial charge in [-0.1, -0.05) is 23.7 Å². The Bertz CT molecular complexity index is 807. The van der Waals surface area contributed by atoms with E-state index in [0.29, 0.717) is 6.54 Å². The quantitative estimate of drug-likeness (QED) is 0.814. The van der Waals surface area contributed by atoms with Crippen molar-refractivity contribution in [2.45, 2.75) is 25.7 Å². The predicted molar refractivity (Wildman–Crippen MR) is 107 cm³/mol. The Morgan fingerprint density at radius 1 is 1.21 bits per heavy atom. The molecule has 150 valence electrons. The first kappa shape index (κ1) is 19.0. The largest absolute Gasteiger partial charge is 0.340 e. The van der Waals surface area contributed by atoms with Crippen LogP contribution in [-0.2, 0) is 11.3 Å². The molecule has 0 bridgehead atoms. The fourth-order valence-corrected chi connectivity index (χ4v) is 4.33. The molecule has 9 heteroatoms. The van der Waals surface area contributed by atoms with E-state index in [4.69, 9.17) is 16.6 Å². The summed E-state index contributed by atoms with van der Waals surface area (Å²) in [6, 6.07) is 7.12. The van der Waals surface area contributed by atoms with Crippen molar-refractivity contribution in [2.75, 3.05) is 39.8 Å². The summed E-state index contributed by atoms with van der Waals surface area (Å²) in [6.07, 6.45) is -0.458. The number of carbonyl (C=O) groups is 2. The van der Waals surface area contributed by atoms with Crippen molar-refractivity contribution in [1.29, 1.82) is 0 Å². The number of carbonyl (C=O) groups excluding carboxylic acids is 2. The van der Waals surface area contributed by atoms with Gasteiger partial charge in [0.25, 0.3) is 5.91 Å². The number of piperazine rings is 1. The molecule has 0 aromatic heterocycles. The van der Waals surface area contributed by atoms with Crippen molar-refractivity contribution in [3.63, 3.8) is 0 Å². The number of imide groups is 1. The first-order chi connectivity index (χ1) is 13.5. The van der Waals surface area contributed by atoms with Crippen LogP contribution in [0.2, 0.25) is 5.02 Å². The molecule has 0 saturated carbocycles. The topological polar surface area (TPSA) is 71.5 Å². The second-order valence-corrected chi connectivity index (χ2v) is 7.81. The second-order valence-electron chi connectivity index (χ2n) is 7.37. The molecule has 28 heavy (non-hydrogen) atoms. The number of aliphatic imine (C=N–C) groups is 1. The third-order valence-electron chi connectivity index (χ3n) is 5.63. The molecule has 2 fully saturated rings. The zero-order valence-corrected chi connectivity index (χ0v) is 16.9. The average molecular weight is 405 g/mol. The van der Waals surface area contributed by atoms with Gasteiger partial charge in [-0.05, 0) is 24.6 Å². The number of fused-ring (bicyclic) bond motifs is 1. The number of hydrogen-bond donors (Lipinski definition) is 1. The van der Waals surface area contributed by atoms with Crippen molar-refractivity contribution in [3.8, 4) is 0 Å². The Labute approximate surface area is 169 Å². The van der Waals surface area contributed by atoms with Gasteiger partial charge in [-0.15, -0.1) is 0 Å². The Morgan fingerprint density at radius 3 is 2.64 bits per heavy atom. The van der Waals surface area contributed by atoms with E-state index in [-0.39, 0.29) is 5.91 Å². The maximum atomic E-state index is 12.4. The number of amides is 3. The predicted octanol–water partition coefficient (Wildman–Crippen LogP) is 1.03. The molecule has 1 aromatic rings. The lowest BCUT2D eigenvalue weighted by atomic mass is 10.1. The minimum absolute atomic E-state index is 0.270. The van der Waals surface area contributed by atoms with Crippen LogP contribution in [0.25, 0.3) is 0 Å². The number of nitrogens with one attached hydrogen (secondary N) is 1. The number of urea groups is 1. The van der Waals surface area contributed by atoms with E-state index in [1.165, 1.54) is 10.5 Å². The number of guanidine groups is 1. The zero-order chi connectivity index (χ0) is 19.8. The standard InChI is InChI=1S/C19H25ClN6O2/c1-3-26-15-16(23(2)19(28)22-17(15)27)21-18(26)25-9-7-24(8-10-25)12-13-5-4-6-14(20)11-13/h4-6,11,15-16H,3,7-10,12H2,1-2H3,(H,22,27,28). The van der Waals surface area contributed by atoms with Gasteiger partial charge in [-0.25, -0.2) is 9.79 Å². The molecule has 3 aliphatic rings. The molecule has 0 spiro atoms. The van der Waals surface area contributed by atoms with E-state index >= 15 is 0 Å². The molecular weight excluding hydrogens is 380 g/mol. The molecule has 8 nitrogen and oxygen atoms in total. The summed E-state index contributed by atoms with van der Waals surface area (Å²) in [5, 5.41) is 3.18. The molecule has 2 atom stereocenters. The summed E-state index contributed by atoms with van der Waals surface area (Å²) in [5.41, 5.74) is 1.21.